The topological polar surface area (TPSA) is 34.1 Å². The van der Waals surface area contributed by atoms with Crippen molar-refractivity contribution in [3.8, 4) is 5.88 Å². The van der Waals surface area contributed by atoms with Crippen molar-refractivity contribution in [3.05, 3.63) is 18.3 Å². The van der Waals surface area contributed by atoms with Crippen LogP contribution in [0.1, 0.15) is 32.6 Å². The maximum Gasteiger partial charge on any atom is 0.391 e. The molecule has 1 heterocycles. The molecule has 0 aromatic carbocycles. The molecule has 2 atom stereocenters. The van der Waals surface area contributed by atoms with Crippen LogP contribution in [-0.4, -0.2) is 23.8 Å². The highest BCUT2D eigenvalue weighted by Gasteiger charge is 2.42. The number of hydrogen-bond acceptors (Lipinski definition) is 3. The third-order valence-corrected chi connectivity index (χ3v) is 3.55. The Morgan fingerprint density at radius 1 is 1.40 bits per heavy atom. The molecule has 1 aliphatic carbocycles. The first-order valence-electron chi connectivity index (χ1n) is 6.91. The molecular formula is C14H19F3N2O. The molecule has 0 bridgehead atoms. The largest absolute Gasteiger partial charge is 0.476 e. The van der Waals surface area contributed by atoms with Gasteiger partial charge in [0.25, 0.3) is 0 Å². The fourth-order valence-electron chi connectivity index (χ4n) is 2.59. The van der Waals surface area contributed by atoms with E-state index in [-0.39, 0.29) is 18.9 Å². The Morgan fingerprint density at radius 2 is 2.20 bits per heavy atom. The first-order valence-corrected chi connectivity index (χ1v) is 6.91. The quantitative estimate of drug-likeness (QED) is 0.909. The van der Waals surface area contributed by atoms with Gasteiger partial charge in [0, 0.05) is 12.2 Å². The molecule has 2 rings (SSSR count). The van der Waals surface area contributed by atoms with Gasteiger partial charge in [-0.2, -0.15) is 13.2 Å². The molecule has 0 amide bonds. The Morgan fingerprint density at radius 3 is 2.90 bits per heavy atom. The van der Waals surface area contributed by atoms with Crippen LogP contribution in [0.3, 0.4) is 0 Å². The number of aromatic nitrogens is 1. The van der Waals surface area contributed by atoms with Gasteiger partial charge in [-0.25, -0.2) is 4.98 Å². The van der Waals surface area contributed by atoms with Crippen molar-refractivity contribution in [2.45, 2.75) is 44.8 Å². The molecule has 0 saturated heterocycles. The summed E-state index contributed by atoms with van der Waals surface area (Å²) in [5.41, 5.74) is 0.669. The highest BCUT2D eigenvalue weighted by atomic mass is 19.4. The number of rotatable bonds is 4. The van der Waals surface area contributed by atoms with Crippen LogP contribution in [-0.2, 0) is 0 Å². The van der Waals surface area contributed by atoms with Crippen molar-refractivity contribution in [3.63, 3.8) is 0 Å². The maximum absolute atomic E-state index is 12.8. The molecule has 20 heavy (non-hydrogen) atoms. The van der Waals surface area contributed by atoms with Crippen LogP contribution in [0.25, 0.3) is 0 Å². The van der Waals surface area contributed by atoms with E-state index in [4.69, 9.17) is 4.74 Å². The molecule has 3 nitrogen and oxygen atoms in total. The zero-order valence-corrected chi connectivity index (χ0v) is 11.4. The summed E-state index contributed by atoms with van der Waals surface area (Å²) in [5.74, 6) is -0.759. The number of hydrogen-bond donors (Lipinski definition) is 1. The number of ether oxygens (including phenoxy) is 1. The molecule has 1 fully saturated rings. The molecule has 112 valence electrons. The molecule has 0 aliphatic heterocycles. The van der Waals surface area contributed by atoms with E-state index in [1.54, 1.807) is 18.3 Å². The van der Waals surface area contributed by atoms with Crippen LogP contribution >= 0.6 is 0 Å². The fourth-order valence-corrected chi connectivity index (χ4v) is 2.59. The van der Waals surface area contributed by atoms with Crippen molar-refractivity contribution in [2.75, 3.05) is 11.9 Å². The molecule has 6 heteroatoms. The summed E-state index contributed by atoms with van der Waals surface area (Å²) >= 11 is 0. The summed E-state index contributed by atoms with van der Waals surface area (Å²) in [4.78, 5) is 4.09. The van der Waals surface area contributed by atoms with Gasteiger partial charge >= 0.3 is 6.18 Å². The predicted octanol–water partition coefficient (Wildman–Crippen LogP) is 4.01. The lowest BCUT2D eigenvalue weighted by molar-refractivity contribution is -0.182. The zero-order chi connectivity index (χ0) is 14.6. The van der Waals surface area contributed by atoms with Gasteiger partial charge in [0.2, 0.25) is 5.88 Å². The third-order valence-electron chi connectivity index (χ3n) is 3.55. The van der Waals surface area contributed by atoms with E-state index >= 15 is 0 Å². The second kappa shape index (κ2) is 6.33. The lowest BCUT2D eigenvalue weighted by atomic mass is 9.85. The molecule has 1 saturated carbocycles. The molecule has 2 unspecified atom stereocenters. The maximum atomic E-state index is 12.8. The summed E-state index contributed by atoms with van der Waals surface area (Å²) in [6, 6.07) is 3.35. The van der Waals surface area contributed by atoms with E-state index in [9.17, 15) is 13.2 Å². The minimum absolute atomic E-state index is 0.115. The standard InChI is InChI=1S/C14H19F3N2O/c1-2-20-13-12(7-4-8-18-13)19-11-6-3-5-10(9-11)14(15,16)17/h4,7-8,10-11,19H,2-3,5-6,9H2,1H3. The molecule has 0 radical (unpaired) electrons. The lowest BCUT2D eigenvalue weighted by Gasteiger charge is -2.31. The monoisotopic (exact) mass is 288 g/mol. The first kappa shape index (κ1) is 14.9. The van der Waals surface area contributed by atoms with Gasteiger partial charge in [-0.3, -0.25) is 0 Å². The molecule has 1 aromatic heterocycles. The van der Waals surface area contributed by atoms with E-state index in [2.05, 4.69) is 10.3 Å². The second-order valence-electron chi connectivity index (χ2n) is 5.04. The minimum atomic E-state index is -4.10. The van der Waals surface area contributed by atoms with Crippen LogP contribution in [0.5, 0.6) is 5.88 Å². The highest BCUT2D eigenvalue weighted by Crippen LogP contribution is 2.38. The van der Waals surface area contributed by atoms with E-state index < -0.39 is 12.1 Å². The van der Waals surface area contributed by atoms with Crippen molar-refractivity contribution in [2.24, 2.45) is 5.92 Å². The van der Waals surface area contributed by atoms with Crippen LogP contribution < -0.4 is 10.1 Å². The number of nitrogens with one attached hydrogen (secondary N) is 1. The van der Waals surface area contributed by atoms with E-state index in [1.165, 1.54) is 0 Å². The molecule has 1 aromatic rings. The molecular weight excluding hydrogens is 269 g/mol. The average molecular weight is 288 g/mol. The Bertz CT molecular complexity index is 437. The van der Waals surface area contributed by atoms with Gasteiger partial charge in [0.15, 0.2) is 0 Å². The minimum Gasteiger partial charge on any atom is -0.476 e. The van der Waals surface area contributed by atoms with Gasteiger partial charge in [0.05, 0.1) is 18.2 Å². The number of nitrogens with zero attached hydrogens (tertiary/aromatic N) is 1. The van der Waals surface area contributed by atoms with Crippen molar-refractivity contribution in [1.29, 1.82) is 0 Å². The summed E-state index contributed by atoms with van der Waals surface area (Å²) < 4.78 is 43.7. The van der Waals surface area contributed by atoms with Gasteiger partial charge in [-0.1, -0.05) is 6.42 Å². The summed E-state index contributed by atoms with van der Waals surface area (Å²) in [6.07, 6.45) is -0.816. The van der Waals surface area contributed by atoms with Gasteiger partial charge in [-0.05, 0) is 38.3 Å². The lowest BCUT2D eigenvalue weighted by Crippen LogP contribution is -2.34. The van der Waals surface area contributed by atoms with Crippen molar-refractivity contribution < 1.29 is 17.9 Å². The summed E-state index contributed by atoms with van der Waals surface area (Å²) in [6.45, 7) is 2.32. The smallest absolute Gasteiger partial charge is 0.391 e. The van der Waals surface area contributed by atoms with Crippen LogP contribution in [0, 0.1) is 5.92 Å². The number of pyridine rings is 1. The number of alkyl halides is 3. The summed E-state index contributed by atoms with van der Waals surface area (Å²) in [7, 11) is 0. The zero-order valence-electron chi connectivity index (χ0n) is 11.4. The summed E-state index contributed by atoms with van der Waals surface area (Å²) in [5, 5.41) is 3.15. The second-order valence-corrected chi connectivity index (χ2v) is 5.04. The van der Waals surface area contributed by atoms with Crippen LogP contribution in [0.4, 0.5) is 18.9 Å². The molecule has 1 N–H and O–H groups in total. The first-order chi connectivity index (χ1) is 9.50. The van der Waals surface area contributed by atoms with Gasteiger partial charge in [0.1, 0.15) is 0 Å². The van der Waals surface area contributed by atoms with Gasteiger partial charge in [-0.15, -0.1) is 0 Å². The van der Waals surface area contributed by atoms with E-state index in [0.717, 1.165) is 6.42 Å². The predicted molar refractivity (Wildman–Crippen MR) is 70.8 cm³/mol. The van der Waals surface area contributed by atoms with Crippen LogP contribution in [0.2, 0.25) is 0 Å². The third kappa shape index (κ3) is 3.77. The SMILES string of the molecule is CCOc1ncccc1NC1CCCC(C(F)(F)F)C1. The normalized spacial score (nSPS) is 23.4. The number of anilines is 1. The van der Waals surface area contributed by atoms with E-state index in [0.29, 0.717) is 24.6 Å². The Hall–Kier alpha value is -1.46. The Balaban J connectivity index is 2.03. The van der Waals surface area contributed by atoms with Crippen LogP contribution in [0.15, 0.2) is 18.3 Å². The van der Waals surface area contributed by atoms with E-state index in [1.807, 2.05) is 6.92 Å². The van der Waals surface area contributed by atoms with Gasteiger partial charge < -0.3 is 10.1 Å². The number of halogens is 3. The Labute approximate surface area is 116 Å². The van der Waals surface area contributed by atoms with Crippen molar-refractivity contribution in [1.82, 2.24) is 4.98 Å². The molecule has 1 aliphatic rings. The fraction of sp³-hybridized carbons (Fsp3) is 0.643. The molecule has 0 spiro atoms. The average Bonchev–Trinajstić information content (AvgIpc) is 2.41. The Kier molecular flexibility index (Phi) is 4.73. The van der Waals surface area contributed by atoms with Crippen molar-refractivity contribution >= 4 is 5.69 Å². The highest BCUT2D eigenvalue weighted by molar-refractivity contribution is 5.52.